The topological polar surface area (TPSA) is 97.8 Å². The quantitative estimate of drug-likeness (QED) is 0.749. The zero-order valence-electron chi connectivity index (χ0n) is 13.7. The van der Waals surface area contributed by atoms with Gasteiger partial charge in [-0.3, -0.25) is 4.79 Å². The minimum absolute atomic E-state index is 0.0212. The molecule has 132 valence electrons. The van der Waals surface area contributed by atoms with Crippen LogP contribution in [0.1, 0.15) is 38.7 Å². The van der Waals surface area contributed by atoms with E-state index in [2.05, 4.69) is 10.3 Å². The van der Waals surface area contributed by atoms with E-state index < -0.39 is 5.97 Å². The van der Waals surface area contributed by atoms with Crippen LogP contribution in [-0.4, -0.2) is 35.7 Å². The average molecular weight is 362 g/mol. The van der Waals surface area contributed by atoms with E-state index in [1.165, 1.54) is 16.7 Å². The lowest BCUT2D eigenvalue weighted by molar-refractivity contribution is 0.0691. The zero-order chi connectivity index (χ0) is 17.8. The number of hydrogen-bond donors (Lipinski definition) is 2. The van der Waals surface area contributed by atoms with Crippen LogP contribution in [0.25, 0.3) is 0 Å². The van der Waals surface area contributed by atoms with E-state index in [4.69, 9.17) is 14.6 Å². The zero-order valence-corrected chi connectivity index (χ0v) is 14.5. The Bertz CT molecular complexity index is 785. The molecule has 1 aromatic heterocycles. The number of benzene rings is 1. The van der Waals surface area contributed by atoms with Crippen molar-refractivity contribution < 1.29 is 24.2 Å². The third kappa shape index (κ3) is 4.48. The maximum atomic E-state index is 12.5. The number of carbonyl (C=O) groups excluding carboxylic acids is 1. The van der Waals surface area contributed by atoms with Crippen molar-refractivity contribution in [3.05, 3.63) is 39.8 Å². The molecule has 0 saturated heterocycles. The van der Waals surface area contributed by atoms with Gasteiger partial charge in [0, 0.05) is 11.4 Å². The standard InChI is InChI=1S/C17H18N2O5S/c1-23-11-4-5-12(14(6-11)24-8-10-2-3-10)16(20)18-7-15-19-13(9-25-15)17(21)22/h4-6,9-10H,2-3,7-8H2,1H3,(H,18,20)(H,21,22). The van der Waals surface area contributed by atoms with E-state index in [-0.39, 0.29) is 18.1 Å². The third-order valence-corrected chi connectivity index (χ3v) is 4.62. The van der Waals surface area contributed by atoms with Crippen LogP contribution in [-0.2, 0) is 6.54 Å². The Hall–Kier alpha value is -2.61. The molecule has 0 aliphatic heterocycles. The van der Waals surface area contributed by atoms with Crippen LogP contribution in [0.15, 0.2) is 23.6 Å². The summed E-state index contributed by atoms with van der Waals surface area (Å²) in [6, 6.07) is 5.05. The summed E-state index contributed by atoms with van der Waals surface area (Å²) in [6.07, 6.45) is 2.31. The number of hydrogen-bond acceptors (Lipinski definition) is 6. The van der Waals surface area contributed by atoms with Gasteiger partial charge in [0.15, 0.2) is 5.69 Å². The maximum Gasteiger partial charge on any atom is 0.355 e. The van der Waals surface area contributed by atoms with Crippen molar-refractivity contribution in [1.82, 2.24) is 10.3 Å². The monoisotopic (exact) mass is 362 g/mol. The number of nitrogens with one attached hydrogen (secondary N) is 1. The highest BCUT2D eigenvalue weighted by atomic mass is 32.1. The van der Waals surface area contributed by atoms with Gasteiger partial charge < -0.3 is 19.9 Å². The minimum Gasteiger partial charge on any atom is -0.497 e. The van der Waals surface area contributed by atoms with Crippen LogP contribution in [0.2, 0.25) is 0 Å². The second kappa shape index (κ2) is 7.52. The number of ether oxygens (including phenoxy) is 2. The fraction of sp³-hybridized carbons (Fsp3) is 0.353. The van der Waals surface area contributed by atoms with Gasteiger partial charge in [0.25, 0.3) is 5.91 Å². The van der Waals surface area contributed by atoms with Gasteiger partial charge in [-0.25, -0.2) is 9.78 Å². The van der Waals surface area contributed by atoms with Crippen molar-refractivity contribution in [2.45, 2.75) is 19.4 Å². The van der Waals surface area contributed by atoms with E-state index >= 15 is 0 Å². The Morgan fingerprint density at radius 1 is 1.40 bits per heavy atom. The number of nitrogens with zero attached hydrogens (tertiary/aromatic N) is 1. The van der Waals surface area contributed by atoms with E-state index in [1.54, 1.807) is 25.3 Å². The number of carboxylic acids is 1. The normalized spacial score (nSPS) is 13.3. The van der Waals surface area contributed by atoms with Gasteiger partial charge in [0.05, 0.1) is 25.8 Å². The lowest BCUT2D eigenvalue weighted by atomic mass is 10.1. The van der Waals surface area contributed by atoms with Gasteiger partial charge in [-0.2, -0.15) is 0 Å². The Balaban J connectivity index is 1.67. The molecule has 7 nitrogen and oxygen atoms in total. The minimum atomic E-state index is -1.08. The molecule has 1 aliphatic rings. The van der Waals surface area contributed by atoms with E-state index in [0.29, 0.717) is 34.6 Å². The number of thiazole rings is 1. The first-order valence-corrected chi connectivity index (χ1v) is 8.71. The van der Waals surface area contributed by atoms with E-state index in [1.807, 2.05) is 0 Å². The van der Waals surface area contributed by atoms with Gasteiger partial charge in [0.1, 0.15) is 16.5 Å². The van der Waals surface area contributed by atoms with Crippen molar-refractivity contribution >= 4 is 23.2 Å². The molecule has 2 N–H and O–H groups in total. The Kier molecular flexibility index (Phi) is 5.18. The van der Waals surface area contributed by atoms with Gasteiger partial charge >= 0.3 is 5.97 Å². The lowest BCUT2D eigenvalue weighted by Crippen LogP contribution is -2.23. The summed E-state index contributed by atoms with van der Waals surface area (Å²) in [6.45, 7) is 0.743. The van der Waals surface area contributed by atoms with Crippen molar-refractivity contribution in [3.8, 4) is 11.5 Å². The summed E-state index contributed by atoms with van der Waals surface area (Å²) in [5.41, 5.74) is 0.392. The first kappa shape index (κ1) is 17.2. The molecular formula is C17H18N2O5S. The fourth-order valence-electron chi connectivity index (χ4n) is 2.17. The number of rotatable bonds is 8. The molecule has 0 radical (unpaired) electrons. The number of aromatic carboxylic acids is 1. The van der Waals surface area contributed by atoms with Gasteiger partial charge in [0.2, 0.25) is 0 Å². The summed E-state index contributed by atoms with van der Waals surface area (Å²) in [4.78, 5) is 27.3. The summed E-state index contributed by atoms with van der Waals surface area (Å²) in [5.74, 6) is 0.273. The van der Waals surface area contributed by atoms with Crippen LogP contribution in [0.5, 0.6) is 11.5 Å². The molecule has 0 spiro atoms. The smallest absolute Gasteiger partial charge is 0.355 e. The molecule has 1 heterocycles. The molecule has 0 atom stereocenters. The highest BCUT2D eigenvalue weighted by molar-refractivity contribution is 7.09. The Labute approximate surface area is 148 Å². The Morgan fingerprint density at radius 3 is 2.84 bits per heavy atom. The summed E-state index contributed by atoms with van der Waals surface area (Å²) in [7, 11) is 1.56. The first-order valence-electron chi connectivity index (χ1n) is 7.83. The van der Waals surface area contributed by atoms with Crippen molar-refractivity contribution in [1.29, 1.82) is 0 Å². The van der Waals surface area contributed by atoms with Crippen molar-refractivity contribution in [3.63, 3.8) is 0 Å². The molecule has 8 heteroatoms. The number of amides is 1. The van der Waals surface area contributed by atoms with Crippen molar-refractivity contribution in [2.75, 3.05) is 13.7 Å². The number of carbonyl (C=O) groups is 2. The number of aromatic nitrogens is 1. The van der Waals surface area contributed by atoms with Gasteiger partial charge in [-0.15, -0.1) is 11.3 Å². The first-order chi connectivity index (χ1) is 12.1. The molecule has 1 fully saturated rings. The molecule has 0 bridgehead atoms. The Morgan fingerprint density at radius 2 is 2.20 bits per heavy atom. The number of methoxy groups -OCH3 is 1. The largest absolute Gasteiger partial charge is 0.497 e. The maximum absolute atomic E-state index is 12.5. The molecule has 2 aromatic rings. The van der Waals surface area contributed by atoms with Crippen molar-refractivity contribution in [2.24, 2.45) is 5.92 Å². The molecular weight excluding hydrogens is 344 g/mol. The third-order valence-electron chi connectivity index (χ3n) is 3.78. The van der Waals surface area contributed by atoms with Gasteiger partial charge in [-0.1, -0.05) is 0 Å². The van der Waals surface area contributed by atoms with Crippen LogP contribution >= 0.6 is 11.3 Å². The fourth-order valence-corrected chi connectivity index (χ4v) is 2.88. The van der Waals surface area contributed by atoms with Gasteiger partial charge in [-0.05, 0) is 30.9 Å². The lowest BCUT2D eigenvalue weighted by Gasteiger charge is -2.12. The van der Waals surface area contributed by atoms with Crippen LogP contribution in [0.4, 0.5) is 0 Å². The molecule has 0 unspecified atom stereocenters. The molecule has 3 rings (SSSR count). The van der Waals surface area contributed by atoms with E-state index in [0.717, 1.165) is 12.8 Å². The highest BCUT2D eigenvalue weighted by Crippen LogP contribution is 2.31. The second-order valence-electron chi connectivity index (χ2n) is 5.73. The predicted molar refractivity (Wildman–Crippen MR) is 91.5 cm³/mol. The number of carboxylic acid groups (broad SMARTS) is 1. The molecule has 1 aromatic carbocycles. The highest BCUT2D eigenvalue weighted by Gasteiger charge is 2.23. The van der Waals surface area contributed by atoms with Crippen LogP contribution in [0, 0.1) is 5.92 Å². The molecule has 1 aliphatic carbocycles. The molecule has 1 amide bonds. The SMILES string of the molecule is COc1ccc(C(=O)NCc2nc(C(=O)O)cs2)c(OCC2CC2)c1. The second-order valence-corrected chi connectivity index (χ2v) is 6.67. The summed E-state index contributed by atoms with van der Waals surface area (Å²) < 4.78 is 11.0. The average Bonchev–Trinajstić information content (AvgIpc) is 3.32. The summed E-state index contributed by atoms with van der Waals surface area (Å²) >= 11 is 1.19. The molecule has 25 heavy (non-hydrogen) atoms. The van der Waals surface area contributed by atoms with E-state index in [9.17, 15) is 9.59 Å². The van der Waals surface area contributed by atoms with Crippen LogP contribution in [0.3, 0.4) is 0 Å². The molecule has 1 saturated carbocycles. The van der Waals surface area contributed by atoms with Crippen LogP contribution < -0.4 is 14.8 Å². The summed E-state index contributed by atoms with van der Waals surface area (Å²) in [5, 5.41) is 13.6. The predicted octanol–water partition coefficient (Wildman–Crippen LogP) is 2.57.